The molecule has 2 heteroatoms. The molecule has 0 bridgehead atoms. The maximum Gasteiger partial charge on any atom is 0.143 e. The van der Waals surface area contributed by atoms with E-state index in [1.165, 1.54) is 25.7 Å². The second kappa shape index (κ2) is 4.75. The molecular formula is C11H21NO. The quantitative estimate of drug-likeness (QED) is 0.666. The van der Waals surface area contributed by atoms with Gasteiger partial charge in [0.25, 0.3) is 0 Å². The molecule has 76 valence electrons. The predicted octanol–water partition coefficient (Wildman–Crippen LogP) is 2.23. The van der Waals surface area contributed by atoms with Crippen molar-refractivity contribution in [3.63, 3.8) is 0 Å². The van der Waals surface area contributed by atoms with Crippen molar-refractivity contribution in [2.45, 2.75) is 58.5 Å². The minimum Gasteiger partial charge on any atom is -0.299 e. The second-order valence-electron chi connectivity index (χ2n) is 4.24. The molecule has 0 aromatic rings. The van der Waals surface area contributed by atoms with Gasteiger partial charge in [-0.3, -0.25) is 9.69 Å². The average molecular weight is 183 g/mol. The molecule has 2 unspecified atom stereocenters. The largest absolute Gasteiger partial charge is 0.299 e. The highest BCUT2D eigenvalue weighted by molar-refractivity contribution is 5.77. The van der Waals surface area contributed by atoms with Crippen LogP contribution in [0.2, 0.25) is 0 Å². The summed E-state index contributed by atoms with van der Waals surface area (Å²) in [6, 6.07) is 1.28. The van der Waals surface area contributed by atoms with E-state index in [1.807, 2.05) is 0 Å². The van der Waals surface area contributed by atoms with Crippen molar-refractivity contribution in [2.24, 2.45) is 0 Å². The first-order valence-electron chi connectivity index (χ1n) is 5.40. The van der Waals surface area contributed by atoms with Crippen LogP contribution in [-0.2, 0) is 4.79 Å². The van der Waals surface area contributed by atoms with Crippen molar-refractivity contribution in [2.75, 3.05) is 6.54 Å². The van der Waals surface area contributed by atoms with Gasteiger partial charge in [-0.15, -0.1) is 0 Å². The summed E-state index contributed by atoms with van der Waals surface area (Å²) in [5.41, 5.74) is 0. The molecule has 1 saturated heterocycles. The fraction of sp³-hybridized carbons (Fsp3) is 0.909. The van der Waals surface area contributed by atoms with Gasteiger partial charge in [0.15, 0.2) is 0 Å². The lowest BCUT2D eigenvalue weighted by Gasteiger charge is -2.26. The van der Waals surface area contributed by atoms with Crippen LogP contribution in [0.3, 0.4) is 0 Å². The molecule has 1 fully saturated rings. The summed E-state index contributed by atoms with van der Waals surface area (Å²) in [6.45, 7) is 6.80. The monoisotopic (exact) mass is 183 g/mol. The summed E-state index contributed by atoms with van der Waals surface area (Å²) in [4.78, 5) is 13.4. The zero-order chi connectivity index (χ0) is 9.84. The summed E-state index contributed by atoms with van der Waals surface area (Å²) in [6.07, 6.45) is 5.02. The Morgan fingerprint density at radius 3 is 2.69 bits per heavy atom. The molecule has 0 aliphatic carbocycles. The van der Waals surface area contributed by atoms with Gasteiger partial charge in [0.05, 0.1) is 6.54 Å². The molecule has 1 aliphatic rings. The number of ketones is 1. The lowest BCUT2D eigenvalue weighted by Crippen LogP contribution is -2.37. The third-order valence-electron chi connectivity index (χ3n) is 2.98. The highest BCUT2D eigenvalue weighted by Gasteiger charge is 2.29. The summed E-state index contributed by atoms with van der Waals surface area (Å²) in [5, 5.41) is 0. The van der Waals surface area contributed by atoms with E-state index in [9.17, 15) is 4.79 Å². The number of carbonyl (C=O) groups excluding carboxylic acids is 1. The van der Waals surface area contributed by atoms with Gasteiger partial charge >= 0.3 is 0 Å². The minimum atomic E-state index is 0.301. The Morgan fingerprint density at radius 1 is 1.46 bits per heavy atom. The predicted molar refractivity (Wildman–Crippen MR) is 54.8 cm³/mol. The van der Waals surface area contributed by atoms with Crippen LogP contribution in [0.4, 0.5) is 0 Å². The average Bonchev–Trinajstić information content (AvgIpc) is 2.36. The van der Waals surface area contributed by atoms with Gasteiger partial charge in [-0.2, -0.15) is 0 Å². The van der Waals surface area contributed by atoms with Gasteiger partial charge in [-0.05, 0) is 33.1 Å². The molecule has 2 nitrogen and oxygen atoms in total. The molecular weight excluding hydrogens is 162 g/mol. The summed E-state index contributed by atoms with van der Waals surface area (Å²) in [5.74, 6) is 0.301. The molecule has 0 spiro atoms. The van der Waals surface area contributed by atoms with Gasteiger partial charge in [0.1, 0.15) is 5.78 Å². The first kappa shape index (κ1) is 10.7. The minimum absolute atomic E-state index is 0.301. The van der Waals surface area contributed by atoms with E-state index in [2.05, 4.69) is 18.7 Å². The van der Waals surface area contributed by atoms with Crippen LogP contribution in [0.1, 0.15) is 46.5 Å². The third-order valence-corrected chi connectivity index (χ3v) is 2.98. The Kier molecular flexibility index (Phi) is 3.91. The molecule has 2 atom stereocenters. The maximum absolute atomic E-state index is 11.1. The Bertz CT molecular complexity index is 177. The smallest absolute Gasteiger partial charge is 0.143 e. The van der Waals surface area contributed by atoms with Crippen molar-refractivity contribution in [1.82, 2.24) is 4.90 Å². The van der Waals surface area contributed by atoms with Crippen molar-refractivity contribution < 1.29 is 4.79 Å². The lowest BCUT2D eigenvalue weighted by molar-refractivity contribution is -0.118. The highest BCUT2D eigenvalue weighted by Crippen LogP contribution is 2.26. The lowest BCUT2D eigenvalue weighted by atomic mass is 10.1. The van der Waals surface area contributed by atoms with E-state index in [4.69, 9.17) is 0 Å². The molecule has 1 aliphatic heterocycles. The molecule has 0 aromatic carbocycles. The molecule has 0 amide bonds. The molecule has 0 radical (unpaired) electrons. The van der Waals surface area contributed by atoms with Crippen molar-refractivity contribution in [3.05, 3.63) is 0 Å². The second-order valence-corrected chi connectivity index (χ2v) is 4.24. The first-order chi connectivity index (χ1) is 6.15. The third kappa shape index (κ3) is 2.80. The standard InChI is InChI=1S/C11H21NO/c1-4-5-11-7-6-9(2)12(11)8-10(3)13/h9,11H,4-8H2,1-3H3. The highest BCUT2D eigenvalue weighted by atomic mass is 16.1. The zero-order valence-corrected chi connectivity index (χ0v) is 9.05. The number of nitrogens with zero attached hydrogens (tertiary/aromatic N) is 1. The van der Waals surface area contributed by atoms with E-state index in [0.717, 1.165) is 0 Å². The fourth-order valence-corrected chi connectivity index (χ4v) is 2.31. The van der Waals surface area contributed by atoms with E-state index < -0.39 is 0 Å². The number of carbonyl (C=O) groups is 1. The van der Waals surface area contributed by atoms with Crippen LogP contribution in [-0.4, -0.2) is 29.3 Å². The first-order valence-corrected chi connectivity index (χ1v) is 5.40. The summed E-state index contributed by atoms with van der Waals surface area (Å²) >= 11 is 0. The Morgan fingerprint density at radius 2 is 2.15 bits per heavy atom. The SMILES string of the molecule is CCCC1CCC(C)N1CC(C)=O. The molecule has 0 saturated carbocycles. The van der Waals surface area contributed by atoms with Gasteiger partial charge in [0.2, 0.25) is 0 Å². The Labute approximate surface area is 81.3 Å². The Hall–Kier alpha value is -0.370. The van der Waals surface area contributed by atoms with E-state index in [-0.39, 0.29) is 0 Å². The molecule has 13 heavy (non-hydrogen) atoms. The van der Waals surface area contributed by atoms with Gasteiger partial charge in [-0.25, -0.2) is 0 Å². The van der Waals surface area contributed by atoms with Crippen LogP contribution in [0.5, 0.6) is 0 Å². The van der Waals surface area contributed by atoms with E-state index >= 15 is 0 Å². The van der Waals surface area contributed by atoms with Crippen LogP contribution >= 0.6 is 0 Å². The van der Waals surface area contributed by atoms with Crippen LogP contribution in [0.15, 0.2) is 0 Å². The van der Waals surface area contributed by atoms with E-state index in [1.54, 1.807) is 6.92 Å². The number of Topliss-reactive ketones (excluding diaryl/α,β-unsaturated/α-hetero) is 1. The van der Waals surface area contributed by atoms with Crippen LogP contribution < -0.4 is 0 Å². The fourth-order valence-electron chi connectivity index (χ4n) is 2.31. The molecule has 0 N–H and O–H groups in total. The van der Waals surface area contributed by atoms with Gasteiger partial charge in [-0.1, -0.05) is 13.3 Å². The number of hydrogen-bond acceptors (Lipinski definition) is 2. The number of likely N-dealkylation sites (tertiary alicyclic amines) is 1. The van der Waals surface area contributed by atoms with Crippen LogP contribution in [0, 0.1) is 0 Å². The number of hydrogen-bond donors (Lipinski definition) is 0. The normalized spacial score (nSPS) is 29.5. The summed E-state index contributed by atoms with van der Waals surface area (Å²) < 4.78 is 0. The zero-order valence-electron chi connectivity index (χ0n) is 9.05. The summed E-state index contributed by atoms with van der Waals surface area (Å²) in [7, 11) is 0. The Balaban J connectivity index is 2.49. The van der Waals surface area contributed by atoms with Crippen molar-refractivity contribution >= 4 is 5.78 Å². The van der Waals surface area contributed by atoms with Crippen LogP contribution in [0.25, 0.3) is 0 Å². The van der Waals surface area contributed by atoms with E-state index in [0.29, 0.717) is 24.4 Å². The molecule has 1 rings (SSSR count). The van der Waals surface area contributed by atoms with Gasteiger partial charge < -0.3 is 0 Å². The topological polar surface area (TPSA) is 20.3 Å². The van der Waals surface area contributed by atoms with Crippen molar-refractivity contribution in [1.29, 1.82) is 0 Å². The van der Waals surface area contributed by atoms with Gasteiger partial charge in [0, 0.05) is 12.1 Å². The maximum atomic E-state index is 11.1. The molecule has 1 heterocycles. The van der Waals surface area contributed by atoms with Crippen molar-refractivity contribution in [3.8, 4) is 0 Å². The number of rotatable bonds is 4. The molecule has 0 aromatic heterocycles.